The van der Waals surface area contributed by atoms with Crippen molar-refractivity contribution in [1.29, 1.82) is 0 Å². The number of aliphatic hydroxyl groups excluding tert-OH is 1. The highest BCUT2D eigenvalue weighted by Crippen LogP contribution is 2.38. The molecule has 11 nitrogen and oxygen atoms in total. The second kappa shape index (κ2) is 11.4. The summed E-state index contributed by atoms with van der Waals surface area (Å²) in [4.78, 5) is 42.5. The summed E-state index contributed by atoms with van der Waals surface area (Å²) in [5, 5.41) is 29.2. The van der Waals surface area contributed by atoms with E-state index in [1.165, 1.54) is 18.2 Å². The number of hydrogen-bond acceptors (Lipinski definition) is 9. The maximum absolute atomic E-state index is 12.1. The second-order valence-electron chi connectivity index (χ2n) is 4.83. The van der Waals surface area contributed by atoms with Crippen molar-refractivity contribution < 1.29 is 34.3 Å². The Morgan fingerprint density at radius 1 is 1.26 bits per heavy atom. The zero-order valence-electron chi connectivity index (χ0n) is 14.4. The predicted molar refractivity (Wildman–Crippen MR) is 90.8 cm³/mol. The number of nitrogens with zero attached hydrogens (tertiary/aromatic N) is 1. The van der Waals surface area contributed by atoms with E-state index in [9.17, 15) is 24.8 Å². The average molecular weight is 406 g/mol. The van der Waals surface area contributed by atoms with Crippen molar-refractivity contribution in [2.75, 3.05) is 14.2 Å². The van der Waals surface area contributed by atoms with Crippen molar-refractivity contribution in [2.45, 2.75) is 12.8 Å². The predicted octanol–water partition coefficient (Wildman–Crippen LogP) is 1.33. The molecule has 12 heteroatoms. The number of methoxy groups -OCH3 is 2. The fourth-order valence-corrected chi connectivity index (χ4v) is 2.56. The molecule has 0 aliphatic heterocycles. The minimum Gasteiger partial charge on any atom is -0.476 e. The Kier molecular flexibility index (Phi) is 10.1. The lowest BCUT2D eigenvalue weighted by Crippen LogP contribution is -2.33. The third-order valence-corrected chi connectivity index (χ3v) is 3.71. The first-order valence-corrected chi connectivity index (χ1v) is 7.41. The number of Topliss-reactive ketones (excluding diaryl/α,β-unsaturated/α-hetero) is 1. The van der Waals surface area contributed by atoms with Crippen LogP contribution in [-0.2, 0) is 19.1 Å². The Morgan fingerprint density at radius 3 is 2.15 bits per heavy atom. The monoisotopic (exact) mass is 405 g/mol. The highest BCUT2D eigenvalue weighted by molar-refractivity contribution is 6.31. The molecular formula is C15H16ClNO10. The molecule has 0 saturated heterocycles. The van der Waals surface area contributed by atoms with Gasteiger partial charge in [0.1, 0.15) is 17.6 Å². The largest absolute Gasteiger partial charge is 0.476 e. The first-order chi connectivity index (χ1) is 12.7. The van der Waals surface area contributed by atoms with Crippen LogP contribution in [0.5, 0.6) is 0 Å². The molecule has 0 bridgehead atoms. The molecule has 0 heterocycles. The first-order valence-electron chi connectivity index (χ1n) is 7.03. The number of hydrogen-bond donors (Lipinski definition) is 1. The van der Waals surface area contributed by atoms with Crippen molar-refractivity contribution in [3.8, 4) is 0 Å². The van der Waals surface area contributed by atoms with Crippen molar-refractivity contribution >= 4 is 23.4 Å². The number of nitro groups is 1. The van der Waals surface area contributed by atoms with E-state index in [0.717, 1.165) is 21.1 Å². The summed E-state index contributed by atoms with van der Waals surface area (Å²) >= 11 is 6.08. The van der Waals surface area contributed by atoms with Crippen LogP contribution in [0.4, 0.5) is 0 Å². The molecule has 0 aliphatic rings. The van der Waals surface area contributed by atoms with E-state index < -0.39 is 40.2 Å². The minimum absolute atomic E-state index is 0.0842. The molecule has 0 fully saturated rings. The van der Waals surface area contributed by atoms with Crippen molar-refractivity contribution in [2.24, 2.45) is 5.92 Å². The molecule has 27 heavy (non-hydrogen) atoms. The molecule has 0 spiro atoms. The molecule has 1 rings (SSSR count). The number of ether oxygens (including phenoxy) is 2. The van der Waals surface area contributed by atoms with E-state index in [-0.39, 0.29) is 10.6 Å². The summed E-state index contributed by atoms with van der Waals surface area (Å²) in [5.74, 6) is -5.77. The van der Waals surface area contributed by atoms with E-state index >= 15 is 0 Å². The molecule has 0 amide bonds. The molecule has 0 aromatic heterocycles. The Hall–Kier alpha value is -3.21. The maximum Gasteiger partial charge on any atom is 0.354 e. The van der Waals surface area contributed by atoms with Crippen molar-refractivity contribution in [1.82, 2.24) is 0 Å². The van der Waals surface area contributed by atoms with E-state index in [1.54, 1.807) is 10.8 Å². The highest BCUT2D eigenvalue weighted by Gasteiger charge is 2.45. The molecule has 2 atom stereocenters. The maximum atomic E-state index is 12.1. The number of benzene rings is 1. The van der Waals surface area contributed by atoms with Gasteiger partial charge in [0.2, 0.25) is 0 Å². The number of allylic oxidation sites excluding steroid dienone is 1. The molecular weight excluding hydrogens is 390 g/mol. The van der Waals surface area contributed by atoms with Crippen LogP contribution in [0, 0.1) is 25.7 Å². The summed E-state index contributed by atoms with van der Waals surface area (Å²) in [5.41, 5.74) is -0.753. The minimum atomic E-state index is -1.58. The topological polar surface area (TPSA) is 167 Å². The number of esters is 1. The molecule has 148 valence electrons. The second-order valence-corrected chi connectivity index (χ2v) is 5.24. The van der Waals surface area contributed by atoms with Gasteiger partial charge >= 0.3 is 17.6 Å². The van der Waals surface area contributed by atoms with Crippen LogP contribution in [0.1, 0.15) is 18.4 Å². The van der Waals surface area contributed by atoms with Gasteiger partial charge in [-0.05, 0) is 18.6 Å². The van der Waals surface area contributed by atoms with E-state index in [1.807, 2.05) is 0 Å². The van der Waals surface area contributed by atoms with Gasteiger partial charge in [0.05, 0.1) is 19.1 Å². The van der Waals surface area contributed by atoms with Gasteiger partial charge in [-0.2, -0.15) is 0 Å². The number of carbonyl (C=O) groups is 2. The summed E-state index contributed by atoms with van der Waals surface area (Å²) < 4.78 is 10.9. The van der Waals surface area contributed by atoms with Gasteiger partial charge in [-0.3, -0.25) is 19.7 Å². The van der Waals surface area contributed by atoms with Gasteiger partial charge in [-0.15, -0.1) is 0 Å². The van der Waals surface area contributed by atoms with Gasteiger partial charge in [-0.1, -0.05) is 40.0 Å². The SMILES string of the molecule is COC(=O)C(C(C)=O)C(C(=C(O)OC)[N+](=O)[O-])c1ccccc1Cl.O=[O+][O-]. The number of carbonyl (C=O) groups excluding carboxylic acids is 2. The van der Waals surface area contributed by atoms with Crippen LogP contribution in [0.25, 0.3) is 0 Å². The van der Waals surface area contributed by atoms with Crippen LogP contribution < -0.4 is 5.26 Å². The van der Waals surface area contributed by atoms with Gasteiger partial charge in [0.25, 0.3) is 0 Å². The van der Waals surface area contributed by atoms with Crippen LogP contribution in [0.3, 0.4) is 0 Å². The number of aliphatic hydroxyl groups is 1. The Labute approximate surface area is 157 Å². The van der Waals surface area contributed by atoms with Gasteiger partial charge in [-0.25, -0.2) is 0 Å². The molecule has 0 saturated carbocycles. The van der Waals surface area contributed by atoms with E-state index in [0.29, 0.717) is 0 Å². The third-order valence-electron chi connectivity index (χ3n) is 3.37. The van der Waals surface area contributed by atoms with Crippen molar-refractivity contribution in [3.63, 3.8) is 0 Å². The molecule has 2 unspecified atom stereocenters. The van der Waals surface area contributed by atoms with E-state index in [2.05, 4.69) is 9.47 Å². The Morgan fingerprint density at radius 2 is 1.78 bits per heavy atom. The van der Waals surface area contributed by atoms with Crippen LogP contribution in [0.15, 0.2) is 35.9 Å². The molecule has 1 aromatic rings. The molecule has 1 aromatic carbocycles. The molecule has 1 N–H and O–H groups in total. The summed E-state index contributed by atoms with van der Waals surface area (Å²) in [6, 6.07) is 5.97. The van der Waals surface area contributed by atoms with Gasteiger partial charge in [0, 0.05) is 5.02 Å². The van der Waals surface area contributed by atoms with Crippen LogP contribution >= 0.6 is 11.6 Å². The van der Waals surface area contributed by atoms with Crippen LogP contribution in [0.2, 0.25) is 5.02 Å². The number of halogens is 1. The van der Waals surface area contributed by atoms with Gasteiger partial charge < -0.3 is 14.6 Å². The average Bonchev–Trinajstić information content (AvgIpc) is 2.61. The lowest BCUT2D eigenvalue weighted by molar-refractivity contribution is -0.436. The fraction of sp³-hybridized carbons (Fsp3) is 0.333. The van der Waals surface area contributed by atoms with E-state index in [4.69, 9.17) is 21.8 Å². The number of rotatable bonds is 7. The standard InChI is InChI=1S/C15H16ClNO7.O3/c1-8(18)11(14(19)23-2)12(9-6-4-5-7-10(9)16)13(17(21)22)15(20)24-3;1-3-2/h4-7,11-12,20H,1-3H3;. The third kappa shape index (κ3) is 6.22. The summed E-state index contributed by atoms with van der Waals surface area (Å²) in [7, 11) is 2.07. The molecule has 0 radical (unpaired) electrons. The highest BCUT2D eigenvalue weighted by atomic mass is 35.5. The summed E-state index contributed by atoms with van der Waals surface area (Å²) in [6.45, 7) is 1.09. The van der Waals surface area contributed by atoms with Gasteiger partial charge in [0.15, 0.2) is 4.75 Å². The smallest absolute Gasteiger partial charge is 0.354 e. The summed E-state index contributed by atoms with van der Waals surface area (Å²) in [6.07, 6.45) is 0. The zero-order chi connectivity index (χ0) is 21.1. The lowest BCUT2D eigenvalue weighted by Gasteiger charge is -2.22. The Bertz CT molecular complexity index is 733. The number of ketones is 1. The van der Waals surface area contributed by atoms with Crippen LogP contribution in [-0.4, -0.2) is 36.0 Å². The lowest BCUT2D eigenvalue weighted by atomic mass is 9.81. The fourth-order valence-electron chi connectivity index (χ4n) is 2.31. The molecule has 0 aliphatic carbocycles. The quantitative estimate of drug-likeness (QED) is 0.134. The first kappa shape index (κ1) is 23.8. The normalized spacial score (nSPS) is 13.0. The zero-order valence-corrected chi connectivity index (χ0v) is 15.2. The van der Waals surface area contributed by atoms with Crippen molar-refractivity contribution in [3.05, 3.63) is 66.3 Å². The Balaban J connectivity index is 0.00000210.